The number of rotatable bonds is 9. The molecule has 1 aliphatic rings. The third kappa shape index (κ3) is 6.93. The molecule has 0 atom stereocenters. The van der Waals surface area contributed by atoms with E-state index in [0.717, 1.165) is 17.9 Å². The molecule has 168 valence electrons. The number of hydrogen-bond acceptors (Lipinski definition) is 7. The number of anilines is 2. The fourth-order valence-electron chi connectivity index (χ4n) is 3.26. The van der Waals surface area contributed by atoms with Gasteiger partial charge in [-0.1, -0.05) is 13.8 Å². The van der Waals surface area contributed by atoms with Gasteiger partial charge in [0.25, 0.3) is 5.91 Å². The summed E-state index contributed by atoms with van der Waals surface area (Å²) in [5.74, 6) is 1.34. The Hall–Kier alpha value is -2.65. The van der Waals surface area contributed by atoms with Crippen LogP contribution in [0.4, 0.5) is 10.8 Å². The highest BCUT2D eigenvalue weighted by Crippen LogP contribution is 2.23. The largest absolute Gasteiger partial charge is 0.497 e. The Labute approximate surface area is 187 Å². The van der Waals surface area contributed by atoms with Crippen LogP contribution in [0.2, 0.25) is 0 Å². The highest BCUT2D eigenvalue weighted by Gasteiger charge is 2.24. The van der Waals surface area contributed by atoms with E-state index in [1.807, 2.05) is 24.3 Å². The van der Waals surface area contributed by atoms with Crippen molar-refractivity contribution >= 4 is 34.0 Å². The molecule has 1 saturated heterocycles. The predicted octanol–water partition coefficient (Wildman–Crippen LogP) is 2.82. The van der Waals surface area contributed by atoms with Crippen molar-refractivity contribution in [3.05, 3.63) is 35.3 Å². The Balaban J connectivity index is 1.44. The minimum atomic E-state index is -0.0694. The topological polar surface area (TPSA) is 86.8 Å². The minimum absolute atomic E-state index is 0.0502. The van der Waals surface area contributed by atoms with Crippen LogP contribution in [0.3, 0.4) is 0 Å². The van der Waals surface area contributed by atoms with E-state index in [2.05, 4.69) is 34.4 Å². The molecular weight excluding hydrogens is 414 g/mol. The Bertz CT molecular complexity index is 860. The molecule has 2 heterocycles. The molecule has 1 aromatic carbocycles. The lowest BCUT2D eigenvalue weighted by atomic mass is 10.1. The Kier molecular flexibility index (Phi) is 8.25. The number of thiazole rings is 1. The molecule has 0 unspecified atom stereocenters. The average Bonchev–Trinajstić information content (AvgIpc) is 3.22. The lowest BCUT2D eigenvalue weighted by Crippen LogP contribution is -2.51. The van der Waals surface area contributed by atoms with Gasteiger partial charge in [-0.3, -0.25) is 14.5 Å². The van der Waals surface area contributed by atoms with Crippen LogP contribution in [-0.4, -0.2) is 73.0 Å². The molecule has 2 amide bonds. The molecular formula is C22H31N5O3S. The Morgan fingerprint density at radius 2 is 1.87 bits per heavy atom. The average molecular weight is 446 g/mol. The Morgan fingerprint density at radius 1 is 1.16 bits per heavy atom. The van der Waals surface area contributed by atoms with Gasteiger partial charge in [0.2, 0.25) is 5.91 Å². The van der Waals surface area contributed by atoms with Crippen molar-refractivity contribution in [1.82, 2.24) is 20.1 Å². The first kappa shape index (κ1) is 23.0. The van der Waals surface area contributed by atoms with Crippen LogP contribution in [-0.2, 0) is 4.79 Å². The molecule has 0 saturated carbocycles. The molecule has 0 spiro atoms. The molecule has 8 nitrogen and oxygen atoms in total. The summed E-state index contributed by atoms with van der Waals surface area (Å²) in [6, 6.07) is 7.54. The maximum Gasteiger partial charge on any atom is 0.273 e. The van der Waals surface area contributed by atoms with Gasteiger partial charge in [0.1, 0.15) is 11.4 Å². The zero-order valence-electron chi connectivity index (χ0n) is 18.4. The quantitative estimate of drug-likeness (QED) is 0.617. The molecule has 1 aliphatic heterocycles. The smallest absolute Gasteiger partial charge is 0.273 e. The first-order chi connectivity index (χ1) is 14.9. The van der Waals surface area contributed by atoms with Gasteiger partial charge >= 0.3 is 0 Å². The van der Waals surface area contributed by atoms with Crippen molar-refractivity contribution in [2.75, 3.05) is 51.7 Å². The van der Waals surface area contributed by atoms with E-state index >= 15 is 0 Å². The van der Waals surface area contributed by atoms with Gasteiger partial charge in [-0.05, 0) is 36.6 Å². The third-order valence-corrected chi connectivity index (χ3v) is 5.89. The van der Waals surface area contributed by atoms with Crippen LogP contribution >= 0.6 is 11.3 Å². The monoisotopic (exact) mass is 445 g/mol. The van der Waals surface area contributed by atoms with Crippen LogP contribution in [0.1, 0.15) is 30.8 Å². The van der Waals surface area contributed by atoms with E-state index in [0.29, 0.717) is 56.0 Å². The maximum atomic E-state index is 12.8. The van der Waals surface area contributed by atoms with Gasteiger partial charge in [-0.2, -0.15) is 0 Å². The highest BCUT2D eigenvalue weighted by atomic mass is 32.1. The van der Waals surface area contributed by atoms with Gasteiger partial charge < -0.3 is 20.3 Å². The predicted molar refractivity (Wildman–Crippen MR) is 123 cm³/mol. The van der Waals surface area contributed by atoms with Gasteiger partial charge in [0.15, 0.2) is 5.13 Å². The fraction of sp³-hybridized carbons (Fsp3) is 0.500. The van der Waals surface area contributed by atoms with Crippen molar-refractivity contribution in [1.29, 1.82) is 0 Å². The van der Waals surface area contributed by atoms with Gasteiger partial charge in [-0.15, -0.1) is 11.3 Å². The summed E-state index contributed by atoms with van der Waals surface area (Å²) in [7, 11) is 1.63. The molecule has 0 bridgehead atoms. The number of amides is 2. The molecule has 0 radical (unpaired) electrons. The summed E-state index contributed by atoms with van der Waals surface area (Å²) >= 11 is 1.40. The molecule has 0 aliphatic carbocycles. The summed E-state index contributed by atoms with van der Waals surface area (Å²) in [6.45, 7) is 7.94. The molecule has 9 heteroatoms. The second-order valence-corrected chi connectivity index (χ2v) is 8.85. The SMILES string of the molecule is COc1ccc(Nc2nc(C(=O)N3CCN(CC(=O)NCCC(C)C)CC3)cs2)cc1. The van der Waals surface area contributed by atoms with Gasteiger partial charge in [0, 0.05) is 43.8 Å². The van der Waals surface area contributed by atoms with Crippen LogP contribution < -0.4 is 15.4 Å². The summed E-state index contributed by atoms with van der Waals surface area (Å²) in [6.07, 6.45) is 0.983. The van der Waals surface area contributed by atoms with E-state index in [4.69, 9.17) is 4.74 Å². The Morgan fingerprint density at radius 3 is 2.52 bits per heavy atom. The molecule has 1 fully saturated rings. The van der Waals surface area contributed by atoms with Crippen LogP contribution in [0.5, 0.6) is 5.75 Å². The summed E-state index contributed by atoms with van der Waals surface area (Å²) in [4.78, 5) is 33.2. The first-order valence-corrected chi connectivity index (χ1v) is 11.5. The lowest BCUT2D eigenvalue weighted by Gasteiger charge is -2.34. The zero-order valence-corrected chi connectivity index (χ0v) is 19.2. The van der Waals surface area contributed by atoms with E-state index in [9.17, 15) is 9.59 Å². The van der Waals surface area contributed by atoms with Crippen LogP contribution in [0, 0.1) is 5.92 Å². The van der Waals surface area contributed by atoms with Crippen LogP contribution in [0.15, 0.2) is 29.6 Å². The molecule has 2 N–H and O–H groups in total. The fourth-order valence-corrected chi connectivity index (χ4v) is 3.96. The standard InChI is InChI=1S/C22H31N5O3S/c1-16(2)8-9-23-20(28)14-26-10-12-27(13-11-26)21(29)19-15-31-22(25-19)24-17-4-6-18(30-3)7-5-17/h4-7,15-16H,8-14H2,1-3H3,(H,23,28)(H,24,25). The number of nitrogens with zero attached hydrogens (tertiary/aromatic N) is 3. The molecule has 1 aromatic heterocycles. The lowest BCUT2D eigenvalue weighted by molar-refractivity contribution is -0.122. The van der Waals surface area contributed by atoms with Crippen molar-refractivity contribution in [2.24, 2.45) is 5.92 Å². The third-order valence-electron chi connectivity index (χ3n) is 5.14. The number of carbonyl (C=O) groups is 2. The number of aromatic nitrogens is 1. The second-order valence-electron chi connectivity index (χ2n) is 7.99. The van der Waals surface area contributed by atoms with Crippen LogP contribution in [0.25, 0.3) is 0 Å². The van der Waals surface area contributed by atoms with Crippen molar-refractivity contribution in [2.45, 2.75) is 20.3 Å². The molecule has 2 aromatic rings. The minimum Gasteiger partial charge on any atom is -0.497 e. The van der Waals surface area contributed by atoms with E-state index < -0.39 is 0 Å². The maximum absolute atomic E-state index is 12.8. The summed E-state index contributed by atoms with van der Waals surface area (Å²) < 4.78 is 5.16. The second kappa shape index (κ2) is 11.1. The summed E-state index contributed by atoms with van der Waals surface area (Å²) in [5.41, 5.74) is 1.33. The van der Waals surface area contributed by atoms with Gasteiger partial charge in [-0.25, -0.2) is 4.98 Å². The number of methoxy groups -OCH3 is 1. The number of benzene rings is 1. The van der Waals surface area contributed by atoms with Crippen molar-refractivity contribution in [3.63, 3.8) is 0 Å². The number of ether oxygens (including phenoxy) is 1. The number of piperazine rings is 1. The zero-order chi connectivity index (χ0) is 22.2. The number of nitrogens with one attached hydrogen (secondary N) is 2. The molecule has 3 rings (SSSR count). The van der Waals surface area contributed by atoms with E-state index in [1.165, 1.54) is 11.3 Å². The van der Waals surface area contributed by atoms with Crippen molar-refractivity contribution in [3.8, 4) is 5.75 Å². The number of hydrogen-bond donors (Lipinski definition) is 2. The summed E-state index contributed by atoms with van der Waals surface area (Å²) in [5, 5.41) is 8.63. The van der Waals surface area contributed by atoms with E-state index in [-0.39, 0.29) is 11.8 Å². The number of carbonyl (C=O) groups excluding carboxylic acids is 2. The highest BCUT2D eigenvalue weighted by molar-refractivity contribution is 7.14. The van der Waals surface area contributed by atoms with Gasteiger partial charge in [0.05, 0.1) is 13.7 Å². The molecule has 31 heavy (non-hydrogen) atoms. The van der Waals surface area contributed by atoms with Crippen molar-refractivity contribution < 1.29 is 14.3 Å². The first-order valence-electron chi connectivity index (χ1n) is 10.6. The van der Waals surface area contributed by atoms with E-state index in [1.54, 1.807) is 17.4 Å². The normalized spacial score (nSPS) is 14.5.